The van der Waals surface area contributed by atoms with Gasteiger partial charge in [0, 0.05) is 17.0 Å². The largest absolute Gasteiger partial charge is 0.466 e. The molecule has 1 aromatic carbocycles. The summed E-state index contributed by atoms with van der Waals surface area (Å²) in [5.41, 5.74) is 0.977. The van der Waals surface area contributed by atoms with Crippen LogP contribution in [0.2, 0.25) is 5.02 Å². The zero-order valence-corrected chi connectivity index (χ0v) is 12.6. The third-order valence-corrected chi connectivity index (χ3v) is 3.76. The smallest absolute Gasteiger partial charge is 0.312 e. The van der Waals surface area contributed by atoms with Crippen LogP contribution in [0.15, 0.2) is 23.6 Å². The number of benzene rings is 1. The third kappa shape index (κ3) is 3.77. The molecule has 0 fully saturated rings. The van der Waals surface area contributed by atoms with Crippen LogP contribution >= 0.6 is 22.9 Å². The number of nitro benzene ring substituents is 1. The maximum absolute atomic E-state index is 11.4. The summed E-state index contributed by atoms with van der Waals surface area (Å²) in [6, 6.07) is 4.48. The van der Waals surface area contributed by atoms with Crippen molar-refractivity contribution in [3.8, 4) is 11.3 Å². The molecule has 0 atom stereocenters. The monoisotopic (exact) mass is 326 g/mol. The van der Waals surface area contributed by atoms with Crippen LogP contribution in [-0.2, 0) is 16.0 Å². The lowest BCUT2D eigenvalue weighted by Gasteiger charge is -2.00. The second kappa shape index (κ2) is 6.64. The Hall–Kier alpha value is -1.99. The molecular formula is C13H11ClN2O4S. The van der Waals surface area contributed by atoms with Gasteiger partial charge in [0.25, 0.3) is 5.69 Å². The number of nitrogens with zero attached hydrogens (tertiary/aromatic N) is 2. The molecule has 0 aliphatic carbocycles. The van der Waals surface area contributed by atoms with Crippen molar-refractivity contribution < 1.29 is 14.5 Å². The van der Waals surface area contributed by atoms with E-state index in [1.165, 1.54) is 23.5 Å². The van der Waals surface area contributed by atoms with Crippen LogP contribution < -0.4 is 0 Å². The summed E-state index contributed by atoms with van der Waals surface area (Å²) in [6.45, 7) is 2.05. The van der Waals surface area contributed by atoms with Crippen LogP contribution in [0.5, 0.6) is 0 Å². The normalized spacial score (nSPS) is 10.4. The number of carbonyl (C=O) groups is 1. The molecule has 1 heterocycles. The molecule has 0 radical (unpaired) electrons. The number of aromatic nitrogens is 1. The summed E-state index contributed by atoms with van der Waals surface area (Å²) < 4.78 is 4.85. The minimum atomic E-state index is -0.544. The van der Waals surface area contributed by atoms with Gasteiger partial charge in [-0.05, 0) is 13.0 Å². The molecule has 0 N–H and O–H groups in total. The number of hydrogen-bond donors (Lipinski definition) is 0. The Bertz CT molecular complexity index is 687. The summed E-state index contributed by atoms with van der Waals surface area (Å²) in [4.78, 5) is 26.0. The van der Waals surface area contributed by atoms with Crippen LogP contribution in [0.3, 0.4) is 0 Å². The number of rotatable bonds is 5. The van der Waals surface area contributed by atoms with Gasteiger partial charge in [0.15, 0.2) is 0 Å². The molecule has 6 nitrogen and oxygen atoms in total. The minimum absolute atomic E-state index is 0.0747. The van der Waals surface area contributed by atoms with E-state index in [4.69, 9.17) is 16.3 Å². The lowest BCUT2D eigenvalue weighted by Crippen LogP contribution is -2.07. The molecule has 0 spiro atoms. The predicted molar refractivity (Wildman–Crippen MR) is 79.6 cm³/mol. The number of esters is 1. The van der Waals surface area contributed by atoms with Crippen molar-refractivity contribution in [1.29, 1.82) is 0 Å². The molecule has 0 saturated carbocycles. The lowest BCUT2D eigenvalue weighted by molar-refractivity contribution is -0.384. The Morgan fingerprint density at radius 3 is 2.95 bits per heavy atom. The Labute approximate surface area is 129 Å². The van der Waals surface area contributed by atoms with E-state index in [1.807, 2.05) is 0 Å². The standard InChI is InChI=1S/C13H11ClN2O4S/c1-2-20-13(17)6-12-15-10(7-21-12)8-3-4-9(14)11(5-8)16(18)19/h3-5,7H,2,6H2,1H3. The van der Waals surface area contributed by atoms with Gasteiger partial charge in [-0.2, -0.15) is 0 Å². The number of thiazole rings is 1. The van der Waals surface area contributed by atoms with Crippen molar-refractivity contribution in [2.75, 3.05) is 6.61 Å². The Kier molecular flexibility index (Phi) is 4.87. The molecule has 110 valence electrons. The minimum Gasteiger partial charge on any atom is -0.466 e. The van der Waals surface area contributed by atoms with E-state index in [0.29, 0.717) is 22.9 Å². The zero-order valence-electron chi connectivity index (χ0n) is 11.0. The van der Waals surface area contributed by atoms with Gasteiger partial charge < -0.3 is 4.74 Å². The summed E-state index contributed by atoms with van der Waals surface area (Å²) in [5, 5.41) is 13.3. The van der Waals surface area contributed by atoms with E-state index in [0.717, 1.165) is 0 Å². The van der Waals surface area contributed by atoms with Crippen molar-refractivity contribution in [2.24, 2.45) is 0 Å². The first-order valence-electron chi connectivity index (χ1n) is 6.05. The van der Waals surface area contributed by atoms with Crippen LogP contribution in [0.1, 0.15) is 11.9 Å². The van der Waals surface area contributed by atoms with Gasteiger partial charge in [0.2, 0.25) is 0 Å². The highest BCUT2D eigenvalue weighted by atomic mass is 35.5. The molecular weight excluding hydrogens is 316 g/mol. The summed E-state index contributed by atoms with van der Waals surface area (Å²) in [6.07, 6.45) is 0.0915. The van der Waals surface area contributed by atoms with Gasteiger partial charge in [-0.3, -0.25) is 14.9 Å². The van der Waals surface area contributed by atoms with Gasteiger partial charge in [-0.1, -0.05) is 17.7 Å². The average Bonchev–Trinajstić information content (AvgIpc) is 2.87. The molecule has 0 bridgehead atoms. The molecule has 0 saturated heterocycles. The van der Waals surface area contributed by atoms with E-state index in [-0.39, 0.29) is 23.1 Å². The molecule has 0 amide bonds. The van der Waals surface area contributed by atoms with Crippen LogP contribution in [-0.4, -0.2) is 22.5 Å². The van der Waals surface area contributed by atoms with E-state index in [9.17, 15) is 14.9 Å². The topological polar surface area (TPSA) is 82.3 Å². The molecule has 0 aliphatic heterocycles. The van der Waals surface area contributed by atoms with Crippen LogP contribution in [0.25, 0.3) is 11.3 Å². The van der Waals surface area contributed by atoms with E-state index in [2.05, 4.69) is 4.98 Å². The van der Waals surface area contributed by atoms with E-state index >= 15 is 0 Å². The maximum atomic E-state index is 11.4. The highest BCUT2D eigenvalue weighted by Crippen LogP contribution is 2.30. The third-order valence-electron chi connectivity index (χ3n) is 2.59. The molecule has 1 aromatic heterocycles. The molecule has 2 rings (SSSR count). The fourth-order valence-corrected chi connectivity index (χ4v) is 2.65. The first-order valence-corrected chi connectivity index (χ1v) is 7.31. The molecule has 21 heavy (non-hydrogen) atoms. The fourth-order valence-electron chi connectivity index (χ4n) is 1.67. The highest BCUT2D eigenvalue weighted by Gasteiger charge is 2.15. The lowest BCUT2D eigenvalue weighted by atomic mass is 10.1. The molecule has 0 aliphatic rings. The second-order valence-corrected chi connectivity index (χ2v) is 5.38. The average molecular weight is 327 g/mol. The maximum Gasteiger partial charge on any atom is 0.312 e. The van der Waals surface area contributed by atoms with E-state index in [1.54, 1.807) is 18.4 Å². The van der Waals surface area contributed by atoms with Gasteiger partial charge in [-0.15, -0.1) is 11.3 Å². The van der Waals surface area contributed by atoms with Gasteiger partial charge in [0.05, 0.1) is 23.6 Å². The predicted octanol–water partition coefficient (Wildman–Crippen LogP) is 3.48. The number of halogens is 1. The molecule has 0 unspecified atom stereocenters. The first-order chi connectivity index (χ1) is 10.0. The number of nitro groups is 1. The van der Waals surface area contributed by atoms with Gasteiger partial charge >= 0.3 is 5.97 Å². The summed E-state index contributed by atoms with van der Waals surface area (Å²) in [5.74, 6) is -0.347. The zero-order chi connectivity index (χ0) is 15.4. The number of ether oxygens (including phenoxy) is 1. The molecule has 8 heteroatoms. The highest BCUT2D eigenvalue weighted by molar-refractivity contribution is 7.10. The Balaban J connectivity index is 2.23. The fraction of sp³-hybridized carbons (Fsp3) is 0.231. The van der Waals surface area contributed by atoms with Gasteiger partial charge in [-0.25, -0.2) is 4.98 Å². The quantitative estimate of drug-likeness (QED) is 0.477. The molecule has 2 aromatic rings. The van der Waals surface area contributed by atoms with Crippen molar-refractivity contribution in [2.45, 2.75) is 13.3 Å². The Morgan fingerprint density at radius 1 is 1.52 bits per heavy atom. The summed E-state index contributed by atoms with van der Waals surface area (Å²) in [7, 11) is 0. The van der Waals surface area contributed by atoms with Crippen molar-refractivity contribution in [1.82, 2.24) is 4.98 Å². The first kappa shape index (κ1) is 15.4. The SMILES string of the molecule is CCOC(=O)Cc1nc(-c2ccc(Cl)c([N+](=O)[O-])c2)cs1. The number of carbonyl (C=O) groups excluding carboxylic acids is 1. The van der Waals surface area contributed by atoms with Gasteiger partial charge in [0.1, 0.15) is 10.0 Å². The van der Waals surface area contributed by atoms with Crippen molar-refractivity contribution in [3.63, 3.8) is 0 Å². The summed E-state index contributed by atoms with van der Waals surface area (Å²) >= 11 is 7.07. The van der Waals surface area contributed by atoms with Crippen LogP contribution in [0, 0.1) is 10.1 Å². The Morgan fingerprint density at radius 2 is 2.29 bits per heavy atom. The second-order valence-electron chi connectivity index (χ2n) is 4.03. The van der Waals surface area contributed by atoms with E-state index < -0.39 is 4.92 Å². The van der Waals surface area contributed by atoms with Crippen LogP contribution in [0.4, 0.5) is 5.69 Å². The van der Waals surface area contributed by atoms with Crippen molar-refractivity contribution >= 4 is 34.6 Å². The van der Waals surface area contributed by atoms with Crippen molar-refractivity contribution in [3.05, 3.63) is 43.7 Å². The number of hydrogen-bond acceptors (Lipinski definition) is 6.